The maximum Gasteiger partial charge on any atom is 0.0411 e. The molecule has 0 aliphatic heterocycles. The molecule has 2 aromatic rings. The molecule has 0 aromatic heterocycles. The Morgan fingerprint density at radius 1 is 0.487 bits per heavy atom. The minimum Gasteiger partial charge on any atom is -0.385 e. The summed E-state index contributed by atoms with van der Waals surface area (Å²) in [6, 6.07) is 9.74. The summed E-state index contributed by atoms with van der Waals surface area (Å²) in [5.74, 6) is 3.15. The van der Waals surface area contributed by atoms with Gasteiger partial charge >= 0.3 is 0 Å². The number of likely N-dealkylation sites (N-methyl/N-ethyl adjacent to an activating group) is 1. The smallest absolute Gasteiger partial charge is 0.0411 e. The van der Waals surface area contributed by atoms with Gasteiger partial charge in [0.25, 0.3) is 0 Å². The van der Waals surface area contributed by atoms with Crippen molar-refractivity contribution in [3.05, 3.63) is 57.6 Å². The molecule has 0 radical (unpaired) electrons. The SMILES string of the molecule is CC(C)c1cc(C(C)C)c(NCCCN(C)CCNc2c(C(C)C)cc(C(C)C)cc2C(C)C)c(C(C)C)c1. The second-order valence-electron chi connectivity index (χ2n) is 13.6. The van der Waals surface area contributed by atoms with Crippen molar-refractivity contribution in [2.75, 3.05) is 43.9 Å². The van der Waals surface area contributed by atoms with Crippen LogP contribution >= 0.6 is 0 Å². The van der Waals surface area contributed by atoms with Gasteiger partial charge in [-0.1, -0.05) is 107 Å². The third-order valence-corrected chi connectivity index (χ3v) is 8.08. The number of benzene rings is 2. The van der Waals surface area contributed by atoms with Gasteiger partial charge in [0.05, 0.1) is 0 Å². The van der Waals surface area contributed by atoms with Crippen molar-refractivity contribution in [1.29, 1.82) is 0 Å². The van der Waals surface area contributed by atoms with Crippen molar-refractivity contribution < 1.29 is 0 Å². The molecule has 0 saturated carbocycles. The van der Waals surface area contributed by atoms with Crippen LogP contribution in [0.2, 0.25) is 0 Å². The highest BCUT2D eigenvalue weighted by Gasteiger charge is 2.18. The van der Waals surface area contributed by atoms with Crippen LogP contribution in [0, 0.1) is 0 Å². The second kappa shape index (κ2) is 15.1. The lowest BCUT2D eigenvalue weighted by Gasteiger charge is -2.25. The maximum absolute atomic E-state index is 3.86. The molecule has 3 heteroatoms. The Hall–Kier alpha value is -2.00. The summed E-state index contributed by atoms with van der Waals surface area (Å²) in [4.78, 5) is 2.47. The van der Waals surface area contributed by atoms with E-state index in [1.54, 1.807) is 0 Å². The number of rotatable bonds is 15. The van der Waals surface area contributed by atoms with Gasteiger partial charge in [-0.2, -0.15) is 0 Å². The van der Waals surface area contributed by atoms with E-state index in [2.05, 4.69) is 130 Å². The predicted molar refractivity (Wildman–Crippen MR) is 177 cm³/mol. The molecule has 0 aliphatic carbocycles. The average Bonchev–Trinajstić information content (AvgIpc) is 2.85. The zero-order valence-electron chi connectivity index (χ0n) is 27.8. The van der Waals surface area contributed by atoms with E-state index in [-0.39, 0.29) is 0 Å². The van der Waals surface area contributed by atoms with E-state index in [4.69, 9.17) is 0 Å². The first-order chi connectivity index (χ1) is 18.2. The molecule has 0 heterocycles. The average molecular weight is 536 g/mol. The fraction of sp³-hybridized carbons (Fsp3) is 0.667. The van der Waals surface area contributed by atoms with Gasteiger partial charge in [0.1, 0.15) is 0 Å². The highest BCUT2D eigenvalue weighted by molar-refractivity contribution is 5.63. The van der Waals surface area contributed by atoms with Crippen LogP contribution in [0.4, 0.5) is 11.4 Å². The van der Waals surface area contributed by atoms with Crippen LogP contribution < -0.4 is 10.6 Å². The Labute approximate surface area is 242 Å². The number of hydrogen-bond acceptors (Lipinski definition) is 3. The molecule has 0 amide bonds. The van der Waals surface area contributed by atoms with Gasteiger partial charge in [-0.25, -0.2) is 0 Å². The van der Waals surface area contributed by atoms with E-state index in [0.29, 0.717) is 35.5 Å². The van der Waals surface area contributed by atoms with Crippen LogP contribution in [0.1, 0.15) is 158 Å². The normalized spacial score (nSPS) is 12.3. The van der Waals surface area contributed by atoms with E-state index >= 15 is 0 Å². The zero-order chi connectivity index (χ0) is 29.4. The Morgan fingerprint density at radius 2 is 0.821 bits per heavy atom. The maximum atomic E-state index is 3.86. The largest absolute Gasteiger partial charge is 0.385 e. The van der Waals surface area contributed by atoms with E-state index in [0.717, 1.165) is 32.6 Å². The molecular weight excluding hydrogens is 474 g/mol. The third kappa shape index (κ3) is 9.27. The fourth-order valence-corrected chi connectivity index (χ4v) is 5.37. The van der Waals surface area contributed by atoms with Gasteiger partial charge in [0.2, 0.25) is 0 Å². The number of anilines is 2. The molecular formula is C36H61N3. The number of nitrogens with one attached hydrogen (secondary N) is 2. The fourth-order valence-electron chi connectivity index (χ4n) is 5.37. The van der Waals surface area contributed by atoms with E-state index in [1.165, 1.54) is 44.8 Å². The Bertz CT molecular complexity index is 972. The van der Waals surface area contributed by atoms with Crippen molar-refractivity contribution in [2.24, 2.45) is 0 Å². The minimum absolute atomic E-state index is 0.508. The van der Waals surface area contributed by atoms with Gasteiger partial charge in [0, 0.05) is 31.0 Å². The summed E-state index contributed by atoms with van der Waals surface area (Å²) in [6.07, 6.45) is 1.13. The molecule has 0 bridgehead atoms. The van der Waals surface area contributed by atoms with Gasteiger partial charge in [-0.15, -0.1) is 0 Å². The van der Waals surface area contributed by atoms with Gasteiger partial charge in [0.15, 0.2) is 0 Å². The Morgan fingerprint density at radius 3 is 1.13 bits per heavy atom. The summed E-state index contributed by atoms with van der Waals surface area (Å²) in [7, 11) is 2.26. The Balaban J connectivity index is 2.01. The monoisotopic (exact) mass is 535 g/mol. The lowest BCUT2D eigenvalue weighted by molar-refractivity contribution is 0.345. The summed E-state index contributed by atoms with van der Waals surface area (Å²) in [5, 5.41) is 7.71. The molecule has 0 atom stereocenters. The van der Waals surface area contributed by atoms with E-state index < -0.39 is 0 Å². The van der Waals surface area contributed by atoms with Crippen molar-refractivity contribution >= 4 is 11.4 Å². The summed E-state index contributed by atoms with van der Waals surface area (Å²) < 4.78 is 0. The van der Waals surface area contributed by atoms with Gasteiger partial charge < -0.3 is 15.5 Å². The summed E-state index contributed by atoms with van der Waals surface area (Å²) >= 11 is 0. The first-order valence-corrected chi connectivity index (χ1v) is 15.8. The van der Waals surface area contributed by atoms with Crippen molar-refractivity contribution in [2.45, 2.75) is 125 Å². The molecule has 0 aliphatic rings. The predicted octanol–water partition coefficient (Wildman–Crippen LogP) is 10.3. The van der Waals surface area contributed by atoms with Crippen LogP contribution in [-0.2, 0) is 0 Å². The second-order valence-corrected chi connectivity index (χ2v) is 13.6. The summed E-state index contributed by atoms with van der Waals surface area (Å²) in [6.45, 7) is 31.9. The highest BCUT2D eigenvalue weighted by atomic mass is 15.1. The lowest BCUT2D eigenvalue weighted by Crippen LogP contribution is -2.28. The molecule has 2 N–H and O–H groups in total. The van der Waals surface area contributed by atoms with Gasteiger partial charge in [-0.05, 0) is 88.9 Å². The minimum atomic E-state index is 0.508. The van der Waals surface area contributed by atoms with Crippen molar-refractivity contribution in [3.8, 4) is 0 Å². The highest BCUT2D eigenvalue weighted by Crippen LogP contribution is 2.37. The molecule has 3 nitrogen and oxygen atoms in total. The first-order valence-electron chi connectivity index (χ1n) is 15.8. The van der Waals surface area contributed by atoms with Crippen LogP contribution in [0.25, 0.3) is 0 Å². The molecule has 0 saturated heterocycles. The van der Waals surface area contributed by atoms with Crippen molar-refractivity contribution in [1.82, 2.24) is 4.90 Å². The van der Waals surface area contributed by atoms with Gasteiger partial charge in [-0.3, -0.25) is 0 Å². The molecule has 0 fully saturated rings. The van der Waals surface area contributed by atoms with Crippen LogP contribution in [0.3, 0.4) is 0 Å². The third-order valence-electron chi connectivity index (χ3n) is 8.08. The zero-order valence-corrected chi connectivity index (χ0v) is 27.8. The summed E-state index contributed by atoms with van der Waals surface area (Å²) in [5.41, 5.74) is 11.5. The molecule has 0 spiro atoms. The molecule has 2 rings (SSSR count). The topological polar surface area (TPSA) is 27.3 Å². The van der Waals surface area contributed by atoms with Crippen LogP contribution in [-0.4, -0.2) is 38.1 Å². The Kier molecular flexibility index (Phi) is 12.9. The molecule has 39 heavy (non-hydrogen) atoms. The molecule has 2 aromatic carbocycles. The van der Waals surface area contributed by atoms with Crippen LogP contribution in [0.15, 0.2) is 24.3 Å². The van der Waals surface area contributed by atoms with Crippen molar-refractivity contribution in [3.63, 3.8) is 0 Å². The molecule has 0 unspecified atom stereocenters. The lowest BCUT2D eigenvalue weighted by atomic mass is 9.87. The van der Waals surface area contributed by atoms with E-state index in [9.17, 15) is 0 Å². The van der Waals surface area contributed by atoms with Crippen LogP contribution in [0.5, 0.6) is 0 Å². The number of hydrogen-bond donors (Lipinski definition) is 2. The standard InChI is InChI=1S/C36H61N3/c1-23(2)29-19-31(25(5)6)35(32(20-29)26(7)8)37-15-14-17-39(13)18-16-38-36-33(27(9)10)21-30(24(3)4)22-34(36)28(11)12/h19-28,37-38H,14-18H2,1-13H3. The number of nitrogens with zero attached hydrogens (tertiary/aromatic N) is 1. The van der Waals surface area contributed by atoms with E-state index in [1.807, 2.05) is 0 Å². The first kappa shape index (κ1) is 33.2. The quantitative estimate of drug-likeness (QED) is 0.222. The molecule has 220 valence electrons.